The molecule has 2 atom stereocenters. The maximum absolute atomic E-state index is 16.7. The molecule has 9 nitrogen and oxygen atoms in total. The highest BCUT2D eigenvalue weighted by molar-refractivity contribution is 6.04. The quantitative estimate of drug-likeness (QED) is 0.291. The van der Waals surface area contributed by atoms with Gasteiger partial charge in [-0.15, -0.1) is 6.42 Å². The number of piperidine rings is 1. The molecule has 0 radical (unpaired) electrons. The van der Waals surface area contributed by atoms with E-state index in [-0.39, 0.29) is 56.7 Å². The Hall–Kier alpha value is -4.27. The summed E-state index contributed by atoms with van der Waals surface area (Å²) in [6.45, 7) is 2.48. The van der Waals surface area contributed by atoms with Gasteiger partial charge in [0.25, 0.3) is 0 Å². The number of halogens is 2. The minimum absolute atomic E-state index is 0.0497. The molecule has 2 saturated heterocycles. The molecular weight excluding hydrogens is 542 g/mol. The van der Waals surface area contributed by atoms with E-state index < -0.39 is 17.7 Å². The number of fused-ring (bicyclic) bond motifs is 2. The first-order valence-electron chi connectivity index (χ1n) is 14.0. The molecule has 3 N–H and O–H groups in total. The summed E-state index contributed by atoms with van der Waals surface area (Å²) in [5, 5.41) is 25.2. The molecule has 2 fully saturated rings. The van der Waals surface area contributed by atoms with Crippen LogP contribution in [0.1, 0.15) is 31.2 Å². The van der Waals surface area contributed by atoms with E-state index in [2.05, 4.69) is 33.2 Å². The zero-order valence-electron chi connectivity index (χ0n) is 23.5. The van der Waals surface area contributed by atoms with Crippen molar-refractivity contribution in [2.75, 3.05) is 50.6 Å². The van der Waals surface area contributed by atoms with Gasteiger partial charge in [-0.1, -0.05) is 12.0 Å². The van der Waals surface area contributed by atoms with Gasteiger partial charge in [-0.25, -0.2) is 18.7 Å². The van der Waals surface area contributed by atoms with Crippen LogP contribution in [0.5, 0.6) is 11.6 Å². The van der Waals surface area contributed by atoms with Crippen LogP contribution in [0, 0.1) is 24.0 Å². The van der Waals surface area contributed by atoms with Crippen molar-refractivity contribution in [2.45, 2.75) is 37.8 Å². The average molecular weight is 575 g/mol. The van der Waals surface area contributed by atoms with Crippen molar-refractivity contribution in [1.82, 2.24) is 19.9 Å². The van der Waals surface area contributed by atoms with Crippen LogP contribution in [0.15, 0.2) is 24.3 Å². The summed E-state index contributed by atoms with van der Waals surface area (Å²) >= 11 is 0. The second kappa shape index (κ2) is 11.2. The molecular formula is C31H32F2N6O3. The van der Waals surface area contributed by atoms with Crippen molar-refractivity contribution in [3.63, 3.8) is 0 Å². The maximum Gasteiger partial charge on any atom is 0.227 e. The summed E-state index contributed by atoms with van der Waals surface area (Å²) in [4.78, 5) is 18.0. The van der Waals surface area contributed by atoms with Gasteiger partial charge < -0.3 is 30.1 Å². The normalized spacial score (nSPS) is 19.4. The summed E-state index contributed by atoms with van der Waals surface area (Å²) in [6.07, 6.45) is 8.61. The van der Waals surface area contributed by atoms with E-state index in [0.717, 1.165) is 25.8 Å². The van der Waals surface area contributed by atoms with Crippen molar-refractivity contribution in [3.8, 4) is 35.2 Å². The zero-order valence-corrected chi connectivity index (χ0v) is 23.5. The number of hydrogen-bond acceptors (Lipinski definition) is 9. The first kappa shape index (κ1) is 27.9. The Morgan fingerprint density at radius 3 is 2.64 bits per heavy atom. The van der Waals surface area contributed by atoms with Gasteiger partial charge in [0.2, 0.25) is 11.8 Å². The van der Waals surface area contributed by atoms with Crippen LogP contribution in [0.2, 0.25) is 0 Å². The molecule has 2 aliphatic rings. The van der Waals surface area contributed by atoms with E-state index in [1.54, 1.807) is 0 Å². The average Bonchev–Trinajstić information content (AvgIpc) is 3.40. The Kier molecular flexibility index (Phi) is 7.43. The van der Waals surface area contributed by atoms with E-state index in [1.807, 2.05) is 4.90 Å². The Bertz CT molecular complexity index is 1730. The first-order valence-corrected chi connectivity index (χ1v) is 14.0. The Balaban J connectivity index is 1.59. The lowest BCUT2D eigenvalue weighted by molar-refractivity contribution is 0.154. The van der Waals surface area contributed by atoms with Crippen LogP contribution in [0.4, 0.5) is 20.5 Å². The minimum Gasteiger partial charge on any atom is -0.508 e. The number of aliphatic hydroxyl groups is 1. The highest BCUT2D eigenvalue weighted by Gasteiger charge is 2.29. The number of benzene rings is 2. The van der Waals surface area contributed by atoms with Crippen LogP contribution in [0.3, 0.4) is 0 Å². The number of terminal acetylenes is 1. The van der Waals surface area contributed by atoms with Crippen LogP contribution in [-0.2, 0) is 0 Å². The number of aliphatic hydroxyl groups excluding tert-OH is 1. The number of nitrogens with zero attached hydrogens (tertiary/aromatic N) is 5. The predicted octanol–water partition coefficient (Wildman–Crippen LogP) is 4.29. The van der Waals surface area contributed by atoms with Gasteiger partial charge in [0.15, 0.2) is 5.82 Å². The molecule has 4 heterocycles. The van der Waals surface area contributed by atoms with Crippen molar-refractivity contribution in [3.05, 3.63) is 41.5 Å². The van der Waals surface area contributed by atoms with Gasteiger partial charge in [0.1, 0.15) is 34.0 Å². The third kappa shape index (κ3) is 4.91. The second-order valence-electron chi connectivity index (χ2n) is 10.9. The van der Waals surface area contributed by atoms with Gasteiger partial charge >= 0.3 is 0 Å². The van der Waals surface area contributed by atoms with Gasteiger partial charge in [0, 0.05) is 36.6 Å². The Labute approximate surface area is 242 Å². The molecule has 11 heteroatoms. The van der Waals surface area contributed by atoms with Crippen molar-refractivity contribution in [2.24, 2.45) is 0 Å². The molecule has 0 saturated carbocycles. The topological polar surface area (TPSA) is 107 Å². The van der Waals surface area contributed by atoms with Crippen molar-refractivity contribution in [1.29, 1.82) is 0 Å². The van der Waals surface area contributed by atoms with Gasteiger partial charge in [-0.3, -0.25) is 0 Å². The first-order chi connectivity index (χ1) is 20.3. The monoisotopic (exact) mass is 574 g/mol. The lowest BCUT2D eigenvalue weighted by Crippen LogP contribution is -2.39. The molecule has 0 unspecified atom stereocenters. The van der Waals surface area contributed by atoms with E-state index in [9.17, 15) is 14.6 Å². The predicted molar refractivity (Wildman–Crippen MR) is 158 cm³/mol. The molecule has 42 heavy (non-hydrogen) atoms. The molecule has 218 valence electrons. The number of methoxy groups -OCH3 is 1. The van der Waals surface area contributed by atoms with Crippen LogP contribution >= 0.6 is 0 Å². The fourth-order valence-corrected chi connectivity index (χ4v) is 6.10. The number of likely N-dealkylation sites (N-methyl/N-ethyl adjacent to an activating group) is 1. The summed E-state index contributed by atoms with van der Waals surface area (Å²) < 4.78 is 37.2. The maximum atomic E-state index is 16.7. The summed E-state index contributed by atoms with van der Waals surface area (Å²) in [5.74, 6) is 1.42. The highest BCUT2D eigenvalue weighted by atomic mass is 19.1. The van der Waals surface area contributed by atoms with Crippen molar-refractivity contribution < 1.29 is 23.7 Å². The third-order valence-corrected chi connectivity index (χ3v) is 8.24. The number of phenolic OH excluding ortho intramolecular Hbond substituents is 1. The smallest absolute Gasteiger partial charge is 0.227 e. The summed E-state index contributed by atoms with van der Waals surface area (Å²) in [5.41, 5.74) is -0.228. The Morgan fingerprint density at radius 1 is 1.12 bits per heavy atom. The molecule has 2 aromatic heterocycles. The van der Waals surface area contributed by atoms with E-state index >= 15 is 4.39 Å². The number of rotatable bonds is 6. The molecule has 0 bridgehead atoms. The third-order valence-electron chi connectivity index (χ3n) is 8.24. The number of ether oxygens (including phenoxy) is 1. The summed E-state index contributed by atoms with van der Waals surface area (Å²) in [6, 6.07) is 5.69. The van der Waals surface area contributed by atoms with E-state index in [1.165, 1.54) is 31.4 Å². The zero-order chi connectivity index (χ0) is 29.5. The minimum atomic E-state index is -0.799. The molecule has 0 amide bonds. The molecule has 0 spiro atoms. The Morgan fingerprint density at radius 2 is 1.93 bits per heavy atom. The second-order valence-corrected chi connectivity index (χ2v) is 10.9. The van der Waals surface area contributed by atoms with E-state index in [4.69, 9.17) is 16.1 Å². The number of pyridine rings is 1. The molecule has 4 aromatic rings. The number of nitrogens with one attached hydrogen (secondary N) is 1. The van der Waals surface area contributed by atoms with E-state index in [0.29, 0.717) is 37.3 Å². The van der Waals surface area contributed by atoms with Gasteiger partial charge in [0.05, 0.1) is 18.8 Å². The van der Waals surface area contributed by atoms with Gasteiger partial charge in [-0.2, -0.15) is 4.98 Å². The highest BCUT2D eigenvalue weighted by Crippen LogP contribution is 2.42. The molecule has 0 aliphatic carbocycles. The number of phenols is 1. The standard InChI is InChI=1S/C31H32F2N6O3/c1-4-21-23(32)10-9-17-13-20(41)14-22(24(17)21)27-26(33)28-25(30(35-27)42-3)29(39-12-6-8-19(40)16-39)37-31(36-28)34-15-18-7-5-11-38(18)2/h1,9-10,13-14,18-19,40-41H,5-8,11-12,15-16H2,2-3H3,(H,34,36,37)/t18-,19-/m1/s1. The lowest BCUT2D eigenvalue weighted by Gasteiger charge is -2.32. The lowest BCUT2D eigenvalue weighted by atomic mass is 9.95. The summed E-state index contributed by atoms with van der Waals surface area (Å²) in [7, 11) is 3.48. The molecule has 2 aliphatic heterocycles. The fourth-order valence-electron chi connectivity index (χ4n) is 6.10. The number of aromatic nitrogens is 3. The number of hydrogen-bond donors (Lipinski definition) is 3. The number of likely N-dealkylation sites (tertiary alicyclic amines) is 1. The SMILES string of the molecule is C#Cc1c(F)ccc2cc(O)cc(-c3nc(OC)c4c(N5CCC[C@@H](O)C5)nc(NC[C@H]5CCCN5C)nc4c3F)c12. The van der Waals surface area contributed by atoms with Gasteiger partial charge in [-0.05, 0) is 62.9 Å². The number of anilines is 2. The molecule has 2 aromatic carbocycles. The molecule has 6 rings (SSSR count). The van der Waals surface area contributed by atoms with Crippen LogP contribution < -0.4 is 15.0 Å². The van der Waals surface area contributed by atoms with Crippen LogP contribution in [0.25, 0.3) is 32.9 Å². The number of β-amino-alcohol motifs (C(OH)–C–C–N with tert-alkyl or cyclic N) is 1. The van der Waals surface area contributed by atoms with Crippen LogP contribution in [-0.4, -0.2) is 82.5 Å². The fraction of sp³-hybridized carbons (Fsp3) is 0.387. The number of aromatic hydroxyl groups is 1. The van der Waals surface area contributed by atoms with Crippen molar-refractivity contribution >= 4 is 33.4 Å². The largest absolute Gasteiger partial charge is 0.508 e.